The molecule has 1 amide bonds. The molecule has 0 spiro atoms. The molecule has 1 unspecified atom stereocenters. The highest BCUT2D eigenvalue weighted by Crippen LogP contribution is 2.23. The van der Waals surface area contributed by atoms with E-state index in [1.54, 1.807) is 0 Å². The van der Waals surface area contributed by atoms with Gasteiger partial charge < -0.3 is 15.0 Å². The molecule has 4 nitrogen and oxygen atoms in total. The van der Waals surface area contributed by atoms with E-state index >= 15 is 0 Å². The van der Waals surface area contributed by atoms with Gasteiger partial charge in [0.2, 0.25) is 5.91 Å². The summed E-state index contributed by atoms with van der Waals surface area (Å²) in [7, 11) is 0. The number of morpholine rings is 1. The van der Waals surface area contributed by atoms with Crippen LogP contribution in [0.15, 0.2) is 30.3 Å². The van der Waals surface area contributed by atoms with Crippen LogP contribution in [0.4, 0.5) is 0 Å². The summed E-state index contributed by atoms with van der Waals surface area (Å²) in [6.07, 6.45) is 3.30. The zero-order valence-electron chi connectivity index (χ0n) is 12.2. The second-order valence-corrected chi connectivity index (χ2v) is 5.56. The van der Waals surface area contributed by atoms with Crippen molar-refractivity contribution in [2.24, 2.45) is 0 Å². The number of amides is 1. The van der Waals surface area contributed by atoms with Gasteiger partial charge in [0.25, 0.3) is 0 Å². The Morgan fingerprint density at radius 3 is 2.76 bits per heavy atom. The third kappa shape index (κ3) is 3.96. The number of carbonyl (C=O) groups is 1. The minimum Gasteiger partial charge on any atom is -0.370 e. The van der Waals surface area contributed by atoms with E-state index < -0.39 is 0 Å². The fourth-order valence-corrected chi connectivity index (χ4v) is 3.00. The van der Waals surface area contributed by atoms with Crippen molar-refractivity contribution >= 4 is 18.3 Å². The number of piperidine rings is 1. The molecular formula is C16H23ClN2O2. The second-order valence-electron chi connectivity index (χ2n) is 5.56. The van der Waals surface area contributed by atoms with E-state index in [0.29, 0.717) is 19.7 Å². The molecule has 2 saturated heterocycles. The SMILES string of the molecule is Cl.O=C([C@@H]1CCCCN1)N1CCOC(c2ccccc2)C1. The lowest BCUT2D eigenvalue weighted by molar-refractivity contribution is -0.141. The predicted molar refractivity (Wildman–Crippen MR) is 84.6 cm³/mol. The van der Waals surface area contributed by atoms with Crippen LogP contribution in [0.2, 0.25) is 0 Å². The normalized spacial score (nSPS) is 26.0. The maximum atomic E-state index is 12.5. The van der Waals surface area contributed by atoms with Crippen LogP contribution < -0.4 is 5.32 Å². The maximum absolute atomic E-state index is 12.5. The van der Waals surface area contributed by atoms with E-state index in [2.05, 4.69) is 17.4 Å². The van der Waals surface area contributed by atoms with E-state index in [0.717, 1.165) is 24.9 Å². The molecule has 1 N–H and O–H groups in total. The molecule has 0 radical (unpaired) electrons. The molecule has 2 aliphatic heterocycles. The first-order valence-corrected chi connectivity index (χ1v) is 7.53. The van der Waals surface area contributed by atoms with Crippen LogP contribution in [0, 0.1) is 0 Å². The number of ether oxygens (including phenoxy) is 1. The minimum absolute atomic E-state index is 0. The average Bonchev–Trinajstić information content (AvgIpc) is 2.56. The number of nitrogens with one attached hydrogen (secondary N) is 1. The Morgan fingerprint density at radius 1 is 1.24 bits per heavy atom. The number of halogens is 1. The molecule has 1 aromatic rings. The van der Waals surface area contributed by atoms with Crippen molar-refractivity contribution < 1.29 is 9.53 Å². The highest BCUT2D eigenvalue weighted by molar-refractivity contribution is 5.85. The highest BCUT2D eigenvalue weighted by atomic mass is 35.5. The van der Waals surface area contributed by atoms with Crippen LogP contribution in [0.3, 0.4) is 0 Å². The Balaban J connectivity index is 0.00000161. The van der Waals surface area contributed by atoms with Crippen LogP contribution in [0.1, 0.15) is 30.9 Å². The summed E-state index contributed by atoms with van der Waals surface area (Å²) < 4.78 is 5.82. The number of hydrogen-bond donors (Lipinski definition) is 1. The van der Waals surface area contributed by atoms with Crippen LogP contribution in [0.5, 0.6) is 0 Å². The molecule has 0 aromatic heterocycles. The Labute approximate surface area is 132 Å². The number of rotatable bonds is 2. The van der Waals surface area contributed by atoms with Crippen molar-refractivity contribution in [3.05, 3.63) is 35.9 Å². The molecule has 21 heavy (non-hydrogen) atoms. The average molecular weight is 311 g/mol. The summed E-state index contributed by atoms with van der Waals surface area (Å²) in [4.78, 5) is 14.5. The lowest BCUT2D eigenvalue weighted by atomic mass is 10.0. The largest absolute Gasteiger partial charge is 0.370 e. The van der Waals surface area contributed by atoms with Crippen LogP contribution in [0.25, 0.3) is 0 Å². The van der Waals surface area contributed by atoms with Crippen LogP contribution in [-0.2, 0) is 9.53 Å². The number of hydrogen-bond acceptors (Lipinski definition) is 3. The van der Waals surface area contributed by atoms with E-state index in [9.17, 15) is 4.79 Å². The summed E-state index contributed by atoms with van der Waals surface area (Å²) in [6, 6.07) is 10.2. The van der Waals surface area contributed by atoms with Gasteiger partial charge in [0.1, 0.15) is 6.10 Å². The van der Waals surface area contributed by atoms with Crippen molar-refractivity contribution in [1.29, 1.82) is 0 Å². The van der Waals surface area contributed by atoms with E-state index in [4.69, 9.17) is 4.74 Å². The molecule has 2 atom stereocenters. The molecule has 0 bridgehead atoms. The van der Waals surface area contributed by atoms with E-state index in [-0.39, 0.29) is 30.5 Å². The topological polar surface area (TPSA) is 41.6 Å². The first kappa shape index (κ1) is 16.3. The molecule has 2 heterocycles. The lowest BCUT2D eigenvalue weighted by Crippen LogP contribution is -2.52. The Hall–Kier alpha value is -1.10. The van der Waals surface area contributed by atoms with Gasteiger partial charge in [-0.05, 0) is 24.9 Å². The lowest BCUT2D eigenvalue weighted by Gasteiger charge is -2.36. The number of carbonyl (C=O) groups excluding carboxylic acids is 1. The van der Waals surface area contributed by atoms with Gasteiger partial charge in [-0.15, -0.1) is 12.4 Å². The molecular weight excluding hydrogens is 288 g/mol. The molecule has 116 valence electrons. The Bertz CT molecular complexity index is 449. The fourth-order valence-electron chi connectivity index (χ4n) is 3.00. The minimum atomic E-state index is 0. The summed E-state index contributed by atoms with van der Waals surface area (Å²) in [5.74, 6) is 0.244. The van der Waals surface area contributed by atoms with Crippen molar-refractivity contribution in [1.82, 2.24) is 10.2 Å². The zero-order chi connectivity index (χ0) is 13.8. The van der Waals surface area contributed by atoms with Crippen molar-refractivity contribution in [3.8, 4) is 0 Å². The van der Waals surface area contributed by atoms with E-state index in [1.807, 2.05) is 23.1 Å². The van der Waals surface area contributed by atoms with Gasteiger partial charge in [-0.1, -0.05) is 36.8 Å². The first-order chi connectivity index (χ1) is 9.84. The number of nitrogens with zero attached hydrogens (tertiary/aromatic N) is 1. The van der Waals surface area contributed by atoms with Crippen molar-refractivity contribution in [3.63, 3.8) is 0 Å². The Kier molecular flexibility index (Phi) is 6.03. The summed E-state index contributed by atoms with van der Waals surface area (Å²) in [5, 5.41) is 3.34. The zero-order valence-corrected chi connectivity index (χ0v) is 13.0. The Morgan fingerprint density at radius 2 is 2.05 bits per heavy atom. The third-order valence-corrected chi connectivity index (χ3v) is 4.16. The summed E-state index contributed by atoms with van der Waals surface area (Å²) in [6.45, 7) is 2.96. The van der Waals surface area contributed by atoms with Gasteiger partial charge in [0.05, 0.1) is 19.2 Å². The molecule has 3 rings (SSSR count). The molecule has 2 aliphatic rings. The van der Waals surface area contributed by atoms with Crippen molar-refractivity contribution in [2.75, 3.05) is 26.2 Å². The second kappa shape index (κ2) is 7.78. The van der Waals surface area contributed by atoms with E-state index in [1.165, 1.54) is 6.42 Å². The van der Waals surface area contributed by atoms with Gasteiger partial charge in [0.15, 0.2) is 0 Å². The molecule has 0 aliphatic carbocycles. The summed E-state index contributed by atoms with van der Waals surface area (Å²) in [5.41, 5.74) is 1.15. The molecule has 0 saturated carbocycles. The first-order valence-electron chi connectivity index (χ1n) is 7.53. The van der Waals surface area contributed by atoms with Gasteiger partial charge in [-0.3, -0.25) is 4.79 Å². The molecule has 5 heteroatoms. The van der Waals surface area contributed by atoms with Gasteiger partial charge in [0, 0.05) is 6.54 Å². The van der Waals surface area contributed by atoms with Gasteiger partial charge in [-0.25, -0.2) is 0 Å². The predicted octanol–water partition coefficient (Wildman–Crippen LogP) is 2.15. The maximum Gasteiger partial charge on any atom is 0.239 e. The van der Waals surface area contributed by atoms with Crippen LogP contribution in [-0.4, -0.2) is 43.1 Å². The quantitative estimate of drug-likeness (QED) is 0.910. The van der Waals surface area contributed by atoms with Crippen LogP contribution >= 0.6 is 12.4 Å². The third-order valence-electron chi connectivity index (χ3n) is 4.16. The molecule has 1 aromatic carbocycles. The molecule has 2 fully saturated rings. The monoisotopic (exact) mass is 310 g/mol. The fraction of sp³-hybridized carbons (Fsp3) is 0.562. The van der Waals surface area contributed by atoms with Crippen molar-refractivity contribution in [2.45, 2.75) is 31.4 Å². The van der Waals surface area contributed by atoms with Gasteiger partial charge in [-0.2, -0.15) is 0 Å². The highest BCUT2D eigenvalue weighted by Gasteiger charge is 2.30. The summed E-state index contributed by atoms with van der Waals surface area (Å²) >= 11 is 0. The standard InChI is InChI=1S/C16H22N2O2.ClH/c19-16(14-8-4-5-9-17-14)18-10-11-20-15(12-18)13-6-2-1-3-7-13;/h1-3,6-7,14-15,17H,4-5,8-12H2;1H/t14-,15?;/m0./s1. The number of benzene rings is 1. The van der Waals surface area contributed by atoms with Gasteiger partial charge >= 0.3 is 0 Å². The smallest absolute Gasteiger partial charge is 0.239 e.